The Balaban J connectivity index is 5.66. The van der Waals surface area contributed by atoms with Gasteiger partial charge in [-0.05, 0) is 49.9 Å². The molecule has 0 N–H and O–H groups in total. The number of hydrogen-bond donors (Lipinski definition) is 0. The highest BCUT2D eigenvalue weighted by Crippen LogP contribution is 2.42. The van der Waals surface area contributed by atoms with E-state index in [0.29, 0.717) is 0 Å². The quantitative estimate of drug-likeness (QED) is 0.111. The summed E-state index contributed by atoms with van der Waals surface area (Å²) in [4.78, 5) is 1.43. The summed E-state index contributed by atoms with van der Waals surface area (Å²) in [7, 11) is -3.51. The van der Waals surface area contributed by atoms with Crippen molar-refractivity contribution in [2.45, 2.75) is 154 Å². The fraction of sp³-hybridized carbons (Fsp3) is 1.00. The molecule has 0 aliphatic heterocycles. The SMILES string of the molecule is CCCCCO[Si](CC)(CC)C(CCC)SC(CCC)[Si](CC)(CC)OCCCCC. The maximum absolute atomic E-state index is 6.91. The van der Waals surface area contributed by atoms with Gasteiger partial charge in [0.1, 0.15) is 0 Å². The van der Waals surface area contributed by atoms with Gasteiger partial charge in [0.2, 0.25) is 16.6 Å². The molecule has 2 unspecified atom stereocenters. The fourth-order valence-electron chi connectivity index (χ4n) is 4.89. The van der Waals surface area contributed by atoms with Gasteiger partial charge in [-0.3, -0.25) is 0 Å². The van der Waals surface area contributed by atoms with E-state index in [0.717, 1.165) is 23.0 Å². The van der Waals surface area contributed by atoms with E-state index in [9.17, 15) is 0 Å². The largest absolute Gasteiger partial charge is 0.416 e. The van der Waals surface area contributed by atoms with Gasteiger partial charge in [0, 0.05) is 23.0 Å². The van der Waals surface area contributed by atoms with E-state index in [4.69, 9.17) is 8.85 Å². The van der Waals surface area contributed by atoms with Crippen molar-refractivity contribution < 1.29 is 8.85 Å². The van der Waals surface area contributed by atoms with Crippen molar-refractivity contribution in [3.8, 4) is 0 Å². The van der Waals surface area contributed by atoms with Crippen molar-refractivity contribution >= 4 is 28.4 Å². The van der Waals surface area contributed by atoms with Crippen molar-refractivity contribution in [3.05, 3.63) is 0 Å². The molecule has 0 bridgehead atoms. The van der Waals surface area contributed by atoms with Crippen molar-refractivity contribution in [1.82, 2.24) is 0 Å². The first-order chi connectivity index (χ1) is 15.0. The van der Waals surface area contributed by atoms with Crippen LogP contribution in [0, 0.1) is 0 Å². The van der Waals surface area contributed by atoms with Crippen LogP contribution in [0.5, 0.6) is 0 Å². The second kappa shape index (κ2) is 19.1. The van der Waals surface area contributed by atoms with Crippen molar-refractivity contribution in [2.75, 3.05) is 13.2 Å². The molecule has 0 aromatic heterocycles. The van der Waals surface area contributed by atoms with Crippen LogP contribution in [0.4, 0.5) is 0 Å². The summed E-state index contributed by atoms with van der Waals surface area (Å²) in [6, 6.07) is 5.04. The lowest BCUT2D eigenvalue weighted by Gasteiger charge is -2.43. The summed E-state index contributed by atoms with van der Waals surface area (Å²) in [5, 5.41) is 0. The van der Waals surface area contributed by atoms with Gasteiger partial charge in [-0.25, -0.2) is 0 Å². The summed E-state index contributed by atoms with van der Waals surface area (Å²) < 4.78 is 13.8. The highest BCUT2D eigenvalue weighted by Gasteiger charge is 2.46. The van der Waals surface area contributed by atoms with E-state index in [1.165, 1.54) is 88.4 Å². The monoisotopic (exact) mass is 490 g/mol. The van der Waals surface area contributed by atoms with Crippen molar-refractivity contribution in [2.24, 2.45) is 0 Å². The maximum Gasteiger partial charge on any atom is 0.204 e. The van der Waals surface area contributed by atoms with Crippen LogP contribution < -0.4 is 0 Å². The molecule has 0 spiro atoms. The molecule has 0 rings (SSSR count). The highest BCUT2D eigenvalue weighted by atomic mass is 32.2. The second-order valence-corrected chi connectivity index (χ2v) is 20.7. The Morgan fingerprint density at radius 1 is 0.516 bits per heavy atom. The third-order valence-electron chi connectivity index (χ3n) is 7.27. The first-order valence-electron chi connectivity index (χ1n) is 13.9. The molecule has 5 heteroatoms. The Hall–Kier alpha value is 0.704. The highest BCUT2D eigenvalue weighted by molar-refractivity contribution is 8.03. The molecule has 2 nitrogen and oxygen atoms in total. The molecule has 188 valence electrons. The van der Waals surface area contributed by atoms with E-state index in [1.807, 2.05) is 0 Å². The normalized spacial score (nSPS) is 14.7. The molecule has 0 saturated carbocycles. The molecule has 0 aromatic rings. The Labute approximate surface area is 203 Å². The zero-order chi connectivity index (χ0) is 23.6. The van der Waals surface area contributed by atoms with Gasteiger partial charge in [-0.1, -0.05) is 93.9 Å². The van der Waals surface area contributed by atoms with Crippen LogP contribution in [-0.4, -0.2) is 39.6 Å². The number of rotatable bonds is 22. The van der Waals surface area contributed by atoms with Crippen LogP contribution in [0.3, 0.4) is 0 Å². The standard InChI is InChI=1S/C26H58O2SSi2/c1-9-17-19-23-27-30(13-5,14-6)25(21-11-3)29-26(22-12-4)31(15-7,16-8)28-24-20-18-10-2/h25-26H,9-24H2,1-8H3. The molecular formula is C26H58O2SSi2. The van der Waals surface area contributed by atoms with E-state index in [2.05, 4.69) is 67.2 Å². The zero-order valence-electron chi connectivity index (χ0n) is 22.7. The lowest BCUT2D eigenvalue weighted by Crippen LogP contribution is -2.53. The topological polar surface area (TPSA) is 18.5 Å². The van der Waals surface area contributed by atoms with Gasteiger partial charge in [-0.15, -0.1) is 0 Å². The predicted octanol–water partition coefficient (Wildman–Crippen LogP) is 9.52. The first-order valence-corrected chi connectivity index (χ1v) is 19.7. The third kappa shape index (κ3) is 10.7. The number of unbranched alkanes of at least 4 members (excludes halogenated alkanes) is 4. The Bertz CT molecular complexity index is 365. The van der Waals surface area contributed by atoms with Gasteiger partial charge in [-0.2, -0.15) is 11.8 Å². The first kappa shape index (κ1) is 31.7. The minimum absolute atomic E-state index is 0.717. The maximum atomic E-state index is 6.91. The van der Waals surface area contributed by atoms with Crippen LogP contribution in [0.2, 0.25) is 24.2 Å². The third-order valence-corrected chi connectivity index (χ3v) is 21.1. The minimum atomic E-state index is -1.75. The zero-order valence-corrected chi connectivity index (χ0v) is 25.5. The molecule has 0 radical (unpaired) electrons. The second-order valence-electron chi connectivity index (χ2n) is 9.35. The van der Waals surface area contributed by atoms with E-state index >= 15 is 0 Å². The molecule has 0 amide bonds. The van der Waals surface area contributed by atoms with Crippen LogP contribution in [0.15, 0.2) is 0 Å². The van der Waals surface area contributed by atoms with Crippen molar-refractivity contribution in [1.29, 1.82) is 0 Å². The van der Waals surface area contributed by atoms with Crippen LogP contribution in [-0.2, 0) is 8.85 Å². The molecule has 0 heterocycles. The molecule has 0 saturated heterocycles. The smallest absolute Gasteiger partial charge is 0.204 e. The summed E-state index contributed by atoms with van der Waals surface area (Å²) in [6.45, 7) is 20.9. The van der Waals surface area contributed by atoms with Gasteiger partial charge >= 0.3 is 0 Å². The van der Waals surface area contributed by atoms with E-state index < -0.39 is 16.6 Å². The number of thioether (sulfide) groups is 1. The molecule has 0 aliphatic rings. The van der Waals surface area contributed by atoms with E-state index in [-0.39, 0.29) is 0 Å². The Kier molecular flexibility index (Phi) is 19.5. The molecule has 0 fully saturated rings. The molecule has 31 heavy (non-hydrogen) atoms. The lowest BCUT2D eigenvalue weighted by molar-refractivity contribution is 0.284. The summed E-state index contributed by atoms with van der Waals surface area (Å²) in [5.41, 5.74) is 0. The van der Waals surface area contributed by atoms with Gasteiger partial charge in [0.25, 0.3) is 0 Å². The lowest BCUT2D eigenvalue weighted by atomic mass is 10.3. The van der Waals surface area contributed by atoms with Crippen LogP contribution in [0.25, 0.3) is 0 Å². The molecule has 2 atom stereocenters. The Morgan fingerprint density at radius 2 is 0.871 bits per heavy atom. The van der Waals surface area contributed by atoms with Gasteiger partial charge in [0.05, 0.1) is 0 Å². The van der Waals surface area contributed by atoms with E-state index in [1.54, 1.807) is 0 Å². The Morgan fingerprint density at radius 3 is 1.13 bits per heavy atom. The summed E-state index contributed by atoms with van der Waals surface area (Å²) in [5.74, 6) is 0. The predicted molar refractivity (Wildman–Crippen MR) is 149 cm³/mol. The molecular weight excluding hydrogens is 433 g/mol. The average Bonchev–Trinajstić information content (AvgIpc) is 2.79. The minimum Gasteiger partial charge on any atom is -0.416 e. The van der Waals surface area contributed by atoms with Crippen molar-refractivity contribution in [3.63, 3.8) is 0 Å². The van der Waals surface area contributed by atoms with Crippen LogP contribution in [0.1, 0.15) is 120 Å². The van der Waals surface area contributed by atoms with Gasteiger partial charge < -0.3 is 8.85 Å². The fourth-order valence-corrected chi connectivity index (χ4v) is 18.6. The molecule has 0 aromatic carbocycles. The molecule has 0 aliphatic carbocycles. The average molecular weight is 491 g/mol. The number of hydrogen-bond acceptors (Lipinski definition) is 3. The van der Waals surface area contributed by atoms with Gasteiger partial charge in [0.15, 0.2) is 0 Å². The summed E-state index contributed by atoms with van der Waals surface area (Å²) in [6.07, 6.45) is 12.8. The van der Waals surface area contributed by atoms with Crippen LogP contribution >= 0.6 is 11.8 Å². The summed E-state index contributed by atoms with van der Waals surface area (Å²) >= 11 is 2.35.